The summed E-state index contributed by atoms with van der Waals surface area (Å²) in [5, 5.41) is 3.08. The van der Waals surface area contributed by atoms with Crippen LogP contribution >= 0.6 is 24.8 Å². The van der Waals surface area contributed by atoms with Crippen molar-refractivity contribution in [2.24, 2.45) is 11.7 Å². The minimum absolute atomic E-state index is 0. The van der Waals surface area contributed by atoms with Gasteiger partial charge in [0.25, 0.3) is 5.91 Å². The number of hydrogen-bond donors (Lipinski definition) is 2. The van der Waals surface area contributed by atoms with Gasteiger partial charge in [0.05, 0.1) is 5.56 Å². The van der Waals surface area contributed by atoms with E-state index in [9.17, 15) is 4.79 Å². The molecule has 4 nitrogen and oxygen atoms in total. The maximum absolute atomic E-state index is 12.1. The second-order valence-electron chi connectivity index (χ2n) is 4.64. The molecule has 6 heteroatoms. The quantitative estimate of drug-likeness (QED) is 0.898. The molecule has 3 N–H and O–H groups in total. The van der Waals surface area contributed by atoms with E-state index in [2.05, 4.69) is 10.3 Å². The van der Waals surface area contributed by atoms with Gasteiger partial charge in [-0.05, 0) is 44.4 Å². The van der Waals surface area contributed by atoms with E-state index in [1.807, 2.05) is 13.0 Å². The highest BCUT2D eigenvalue weighted by molar-refractivity contribution is 5.95. The largest absolute Gasteiger partial charge is 0.349 e. The molecule has 1 aromatic heterocycles. The number of aromatic nitrogens is 1. The van der Waals surface area contributed by atoms with Gasteiger partial charge < -0.3 is 11.1 Å². The minimum atomic E-state index is -0.0269. The van der Waals surface area contributed by atoms with Gasteiger partial charge in [-0.15, -0.1) is 24.8 Å². The number of halogens is 2. The molecular weight excluding hydrogens is 285 g/mol. The molecule has 1 heterocycles. The molecule has 1 fully saturated rings. The van der Waals surface area contributed by atoms with Crippen LogP contribution < -0.4 is 11.1 Å². The standard InChI is InChI=1S/C13H19N3O.2ClH/c1-9-11(5-3-7-15-9)13(17)16-12-6-2-4-10(12)8-14;;/h3,5,7,10,12H,2,4,6,8,14H2,1H3,(H,16,17);2*1H. The fraction of sp³-hybridized carbons (Fsp3) is 0.538. The number of nitrogens with two attached hydrogens (primary N) is 1. The molecule has 0 bridgehead atoms. The molecule has 0 spiro atoms. The summed E-state index contributed by atoms with van der Waals surface area (Å²) < 4.78 is 0. The molecule has 108 valence electrons. The van der Waals surface area contributed by atoms with Gasteiger partial charge in [0.15, 0.2) is 0 Å². The lowest BCUT2D eigenvalue weighted by molar-refractivity contribution is 0.0927. The summed E-state index contributed by atoms with van der Waals surface area (Å²) >= 11 is 0. The second-order valence-corrected chi connectivity index (χ2v) is 4.64. The number of hydrogen-bond acceptors (Lipinski definition) is 3. The molecular formula is C13H21Cl2N3O. The average molecular weight is 306 g/mol. The topological polar surface area (TPSA) is 68.0 Å². The SMILES string of the molecule is Cc1ncccc1C(=O)NC1CCCC1CN.Cl.Cl. The van der Waals surface area contributed by atoms with Crippen LogP contribution in [0, 0.1) is 12.8 Å². The van der Waals surface area contributed by atoms with E-state index in [1.54, 1.807) is 12.3 Å². The highest BCUT2D eigenvalue weighted by Gasteiger charge is 2.27. The number of nitrogens with one attached hydrogen (secondary N) is 1. The first-order valence-electron chi connectivity index (χ1n) is 6.15. The molecule has 0 aliphatic heterocycles. The van der Waals surface area contributed by atoms with Crippen molar-refractivity contribution >= 4 is 30.7 Å². The smallest absolute Gasteiger partial charge is 0.253 e. The van der Waals surface area contributed by atoms with Gasteiger partial charge in [-0.3, -0.25) is 9.78 Å². The average Bonchev–Trinajstić information content (AvgIpc) is 2.76. The normalized spacial score (nSPS) is 21.2. The summed E-state index contributed by atoms with van der Waals surface area (Å²) in [6.45, 7) is 2.50. The zero-order valence-electron chi connectivity index (χ0n) is 11.0. The van der Waals surface area contributed by atoms with E-state index < -0.39 is 0 Å². The molecule has 1 aromatic rings. The van der Waals surface area contributed by atoms with E-state index in [0.717, 1.165) is 25.0 Å². The molecule has 1 aliphatic rings. The molecule has 2 rings (SSSR count). The number of pyridine rings is 1. The van der Waals surface area contributed by atoms with Crippen molar-refractivity contribution < 1.29 is 4.79 Å². The van der Waals surface area contributed by atoms with Crippen LogP contribution in [-0.4, -0.2) is 23.5 Å². The maximum Gasteiger partial charge on any atom is 0.253 e. The molecule has 2 atom stereocenters. The third-order valence-corrected chi connectivity index (χ3v) is 3.53. The van der Waals surface area contributed by atoms with Crippen LogP contribution in [0.4, 0.5) is 0 Å². The molecule has 0 saturated heterocycles. The van der Waals surface area contributed by atoms with Crippen LogP contribution in [0.1, 0.15) is 35.3 Å². The summed E-state index contributed by atoms with van der Waals surface area (Å²) in [4.78, 5) is 16.2. The monoisotopic (exact) mass is 305 g/mol. The second kappa shape index (κ2) is 8.35. The van der Waals surface area contributed by atoms with Gasteiger partial charge >= 0.3 is 0 Å². The predicted molar refractivity (Wildman–Crippen MR) is 81.1 cm³/mol. The lowest BCUT2D eigenvalue weighted by atomic mass is 10.0. The first-order valence-corrected chi connectivity index (χ1v) is 6.15. The Morgan fingerprint density at radius 2 is 2.21 bits per heavy atom. The fourth-order valence-corrected chi connectivity index (χ4v) is 2.48. The van der Waals surface area contributed by atoms with Crippen LogP contribution in [0.25, 0.3) is 0 Å². The third-order valence-electron chi connectivity index (χ3n) is 3.53. The zero-order chi connectivity index (χ0) is 12.3. The van der Waals surface area contributed by atoms with E-state index >= 15 is 0 Å². The van der Waals surface area contributed by atoms with E-state index in [0.29, 0.717) is 18.0 Å². The van der Waals surface area contributed by atoms with Crippen LogP contribution in [0.2, 0.25) is 0 Å². The fourth-order valence-electron chi connectivity index (χ4n) is 2.48. The molecule has 1 amide bonds. The Bertz CT molecular complexity index is 415. The molecule has 19 heavy (non-hydrogen) atoms. The van der Waals surface area contributed by atoms with E-state index in [1.165, 1.54) is 0 Å². The molecule has 1 saturated carbocycles. The Hall–Kier alpha value is -0.840. The van der Waals surface area contributed by atoms with Crippen molar-refractivity contribution in [2.45, 2.75) is 32.2 Å². The van der Waals surface area contributed by atoms with Crippen molar-refractivity contribution in [3.05, 3.63) is 29.6 Å². The van der Waals surface area contributed by atoms with Crippen LogP contribution in [0.3, 0.4) is 0 Å². The number of carbonyl (C=O) groups excluding carboxylic acids is 1. The summed E-state index contributed by atoms with van der Waals surface area (Å²) in [6.07, 6.45) is 5.00. The van der Waals surface area contributed by atoms with Gasteiger partial charge in [-0.1, -0.05) is 6.42 Å². The van der Waals surface area contributed by atoms with Crippen LogP contribution in [-0.2, 0) is 0 Å². The number of amides is 1. The Balaban J connectivity index is 0.00000162. The summed E-state index contributed by atoms with van der Waals surface area (Å²) in [5.41, 5.74) is 7.14. The minimum Gasteiger partial charge on any atom is -0.349 e. The molecule has 0 aromatic carbocycles. The third kappa shape index (κ3) is 4.34. The molecule has 2 unspecified atom stereocenters. The zero-order valence-corrected chi connectivity index (χ0v) is 12.6. The Morgan fingerprint density at radius 1 is 1.47 bits per heavy atom. The Morgan fingerprint density at radius 3 is 2.84 bits per heavy atom. The van der Waals surface area contributed by atoms with Crippen LogP contribution in [0.5, 0.6) is 0 Å². The summed E-state index contributed by atoms with van der Waals surface area (Å²) in [5.74, 6) is 0.400. The van der Waals surface area contributed by atoms with Gasteiger partial charge in [-0.25, -0.2) is 0 Å². The van der Waals surface area contributed by atoms with Crippen molar-refractivity contribution in [3.8, 4) is 0 Å². The van der Waals surface area contributed by atoms with Gasteiger partial charge in [0.2, 0.25) is 0 Å². The van der Waals surface area contributed by atoms with Gasteiger partial charge in [0, 0.05) is 17.9 Å². The highest BCUT2D eigenvalue weighted by Crippen LogP contribution is 2.24. The summed E-state index contributed by atoms with van der Waals surface area (Å²) in [6, 6.07) is 3.83. The Kier molecular flexibility index (Phi) is 7.99. The predicted octanol–water partition coefficient (Wildman–Crippen LogP) is 2.09. The number of nitrogens with zero attached hydrogens (tertiary/aromatic N) is 1. The van der Waals surface area contributed by atoms with Crippen molar-refractivity contribution in [1.29, 1.82) is 0 Å². The van der Waals surface area contributed by atoms with Crippen molar-refractivity contribution in [3.63, 3.8) is 0 Å². The first-order chi connectivity index (χ1) is 8.22. The summed E-state index contributed by atoms with van der Waals surface area (Å²) in [7, 11) is 0. The number of aryl methyl sites for hydroxylation is 1. The molecule has 0 radical (unpaired) electrons. The first kappa shape index (κ1) is 18.2. The van der Waals surface area contributed by atoms with Gasteiger partial charge in [-0.2, -0.15) is 0 Å². The Labute approximate surface area is 126 Å². The number of rotatable bonds is 3. The maximum atomic E-state index is 12.1. The van der Waals surface area contributed by atoms with E-state index in [-0.39, 0.29) is 36.8 Å². The van der Waals surface area contributed by atoms with Crippen molar-refractivity contribution in [1.82, 2.24) is 10.3 Å². The number of carbonyl (C=O) groups is 1. The van der Waals surface area contributed by atoms with Gasteiger partial charge in [0.1, 0.15) is 0 Å². The molecule has 1 aliphatic carbocycles. The van der Waals surface area contributed by atoms with Crippen molar-refractivity contribution in [2.75, 3.05) is 6.54 Å². The van der Waals surface area contributed by atoms with E-state index in [4.69, 9.17) is 5.73 Å². The lowest BCUT2D eigenvalue weighted by Crippen LogP contribution is -2.40. The van der Waals surface area contributed by atoms with Crippen LogP contribution in [0.15, 0.2) is 18.3 Å². The lowest BCUT2D eigenvalue weighted by Gasteiger charge is -2.19. The highest BCUT2D eigenvalue weighted by atomic mass is 35.5.